The molecule has 2 aromatic heterocycles. The highest BCUT2D eigenvalue weighted by Crippen LogP contribution is 2.35. The maximum absolute atomic E-state index is 5.26. The molecule has 3 nitrogen and oxygen atoms in total. The topological polar surface area (TPSA) is 29.0 Å². The first-order valence-corrected chi connectivity index (χ1v) is 11.1. The van der Waals surface area contributed by atoms with Gasteiger partial charge < -0.3 is 5.32 Å². The third-order valence-corrected chi connectivity index (χ3v) is 5.64. The molecule has 0 unspecified atom stereocenters. The van der Waals surface area contributed by atoms with E-state index in [0.717, 1.165) is 33.8 Å². The van der Waals surface area contributed by atoms with Crippen molar-refractivity contribution in [2.24, 2.45) is 0 Å². The third kappa shape index (κ3) is 3.71. The molecule has 5 rings (SSSR count). The van der Waals surface area contributed by atoms with Crippen molar-refractivity contribution in [1.29, 1.82) is 0 Å². The standard InChI is InChI=1S/C29H28N3/c1-20-14-16-22(17-15-20)25-26(31-29(2,3)4)27-24-13-9-8-10-21(24)18-19-32(27)28(30-25)23-11-6-5-7-12-23/h5-19,31H,1-4H3/q+1. The number of benzene rings is 3. The van der Waals surface area contributed by atoms with Crippen LogP contribution in [-0.2, 0) is 0 Å². The van der Waals surface area contributed by atoms with Gasteiger partial charge in [-0.25, -0.2) is 0 Å². The zero-order valence-corrected chi connectivity index (χ0v) is 19.1. The molecule has 0 aliphatic rings. The average Bonchev–Trinajstić information content (AvgIpc) is 2.79. The number of hydrogen-bond acceptors (Lipinski definition) is 2. The number of pyridine rings is 1. The summed E-state index contributed by atoms with van der Waals surface area (Å²) in [5.41, 5.74) is 6.47. The molecule has 0 aliphatic carbocycles. The van der Waals surface area contributed by atoms with E-state index in [1.807, 2.05) is 6.07 Å². The molecular formula is C29H28N3+. The van der Waals surface area contributed by atoms with Gasteiger partial charge in [0.05, 0.1) is 11.8 Å². The van der Waals surface area contributed by atoms with Crippen LogP contribution in [0.3, 0.4) is 0 Å². The van der Waals surface area contributed by atoms with Crippen molar-refractivity contribution < 1.29 is 4.40 Å². The largest absolute Gasteiger partial charge is 0.373 e. The Hall–Kier alpha value is -3.72. The number of fused-ring (bicyclic) bond motifs is 3. The maximum atomic E-state index is 5.26. The molecule has 0 aliphatic heterocycles. The number of nitrogens with zero attached hydrogens (tertiary/aromatic N) is 2. The highest BCUT2D eigenvalue weighted by molar-refractivity contribution is 6.03. The van der Waals surface area contributed by atoms with Gasteiger partial charge in [0.1, 0.15) is 5.69 Å². The summed E-state index contributed by atoms with van der Waals surface area (Å²) in [7, 11) is 0. The average molecular weight is 419 g/mol. The number of hydrogen-bond donors (Lipinski definition) is 1. The van der Waals surface area contributed by atoms with Gasteiger partial charge in [-0.05, 0) is 56.3 Å². The zero-order valence-electron chi connectivity index (χ0n) is 19.1. The molecule has 3 heteroatoms. The van der Waals surface area contributed by atoms with E-state index in [1.54, 1.807) is 0 Å². The lowest BCUT2D eigenvalue weighted by molar-refractivity contribution is -0.501. The second kappa shape index (κ2) is 7.76. The molecular weight excluding hydrogens is 390 g/mol. The van der Waals surface area contributed by atoms with E-state index in [1.165, 1.54) is 16.3 Å². The second-order valence-corrected chi connectivity index (χ2v) is 9.39. The van der Waals surface area contributed by atoms with Crippen LogP contribution in [0.4, 0.5) is 5.69 Å². The van der Waals surface area contributed by atoms with Gasteiger partial charge in [-0.15, -0.1) is 0 Å². The lowest BCUT2D eigenvalue weighted by atomic mass is 10.0. The van der Waals surface area contributed by atoms with Crippen molar-refractivity contribution >= 4 is 22.0 Å². The summed E-state index contributed by atoms with van der Waals surface area (Å²) in [4.78, 5) is 5.26. The summed E-state index contributed by atoms with van der Waals surface area (Å²) in [6, 6.07) is 29.8. The van der Waals surface area contributed by atoms with E-state index in [0.29, 0.717) is 0 Å². The van der Waals surface area contributed by atoms with Gasteiger partial charge >= 0.3 is 5.82 Å². The predicted molar refractivity (Wildman–Crippen MR) is 134 cm³/mol. The summed E-state index contributed by atoms with van der Waals surface area (Å²) in [6.07, 6.45) is 2.14. The van der Waals surface area contributed by atoms with Crippen LogP contribution in [0.5, 0.6) is 0 Å². The lowest BCUT2D eigenvalue weighted by Crippen LogP contribution is -2.32. The monoisotopic (exact) mass is 418 g/mol. The SMILES string of the molecule is Cc1ccc(-c2nc(-c3ccccc3)[n+]3ccc4ccccc4c3c2NC(C)(C)C)cc1. The Morgan fingerprint density at radius 2 is 1.44 bits per heavy atom. The minimum Gasteiger partial charge on any atom is -0.373 e. The van der Waals surface area contributed by atoms with Crippen molar-refractivity contribution in [2.45, 2.75) is 33.2 Å². The van der Waals surface area contributed by atoms with Gasteiger partial charge in [-0.3, -0.25) is 0 Å². The summed E-state index contributed by atoms with van der Waals surface area (Å²) in [5.74, 6) is 0.932. The predicted octanol–water partition coefficient (Wildman–Crippen LogP) is 6.83. The molecule has 0 fully saturated rings. The summed E-state index contributed by atoms with van der Waals surface area (Å²) < 4.78 is 2.23. The van der Waals surface area contributed by atoms with E-state index in [9.17, 15) is 0 Å². The van der Waals surface area contributed by atoms with Crippen LogP contribution in [0.2, 0.25) is 0 Å². The Morgan fingerprint density at radius 1 is 0.750 bits per heavy atom. The highest BCUT2D eigenvalue weighted by Gasteiger charge is 2.28. The quantitative estimate of drug-likeness (QED) is 0.257. The van der Waals surface area contributed by atoms with Crippen LogP contribution in [-0.4, -0.2) is 10.5 Å². The van der Waals surface area contributed by atoms with Gasteiger partial charge in [0.2, 0.25) is 5.69 Å². The van der Waals surface area contributed by atoms with E-state index >= 15 is 0 Å². The fourth-order valence-electron chi connectivity index (χ4n) is 4.18. The van der Waals surface area contributed by atoms with Crippen molar-refractivity contribution in [3.63, 3.8) is 0 Å². The van der Waals surface area contributed by atoms with Crippen LogP contribution in [0.1, 0.15) is 26.3 Å². The van der Waals surface area contributed by atoms with E-state index in [2.05, 4.69) is 122 Å². The number of rotatable bonds is 3. The summed E-state index contributed by atoms with van der Waals surface area (Å²) in [6.45, 7) is 8.70. The lowest BCUT2D eigenvalue weighted by Gasteiger charge is -2.23. The highest BCUT2D eigenvalue weighted by atomic mass is 15.1. The summed E-state index contributed by atoms with van der Waals surface area (Å²) in [5, 5.41) is 6.21. The number of aromatic nitrogens is 2. The number of nitrogens with one attached hydrogen (secondary N) is 1. The smallest absolute Gasteiger partial charge is 0.336 e. The Labute approximate surface area is 189 Å². The minimum atomic E-state index is -0.125. The van der Waals surface area contributed by atoms with Gasteiger partial charge in [-0.2, -0.15) is 4.40 Å². The summed E-state index contributed by atoms with van der Waals surface area (Å²) >= 11 is 0. The van der Waals surface area contributed by atoms with Crippen molar-refractivity contribution in [2.75, 3.05) is 5.32 Å². The number of anilines is 1. The first kappa shape index (κ1) is 20.2. The van der Waals surface area contributed by atoms with Crippen LogP contribution < -0.4 is 9.72 Å². The molecule has 1 N–H and O–H groups in total. The Bertz CT molecular complexity index is 1410. The number of aryl methyl sites for hydroxylation is 1. The van der Waals surface area contributed by atoms with Crippen LogP contribution in [0.25, 0.3) is 38.9 Å². The van der Waals surface area contributed by atoms with Crippen LogP contribution in [0.15, 0.2) is 91.1 Å². The van der Waals surface area contributed by atoms with Gasteiger partial charge in [0, 0.05) is 16.5 Å². The zero-order chi connectivity index (χ0) is 22.3. The minimum absolute atomic E-state index is 0.125. The van der Waals surface area contributed by atoms with E-state index in [4.69, 9.17) is 4.98 Å². The molecule has 3 aromatic carbocycles. The second-order valence-electron chi connectivity index (χ2n) is 9.39. The molecule has 0 atom stereocenters. The Morgan fingerprint density at radius 3 is 2.16 bits per heavy atom. The van der Waals surface area contributed by atoms with Crippen LogP contribution >= 0.6 is 0 Å². The molecule has 5 aromatic rings. The Balaban J connectivity index is 1.97. The van der Waals surface area contributed by atoms with E-state index < -0.39 is 0 Å². The van der Waals surface area contributed by atoms with E-state index in [-0.39, 0.29) is 5.54 Å². The third-order valence-electron chi connectivity index (χ3n) is 5.64. The molecule has 158 valence electrons. The van der Waals surface area contributed by atoms with Crippen LogP contribution in [0, 0.1) is 6.92 Å². The van der Waals surface area contributed by atoms with Gasteiger partial charge in [0.15, 0.2) is 5.52 Å². The molecule has 32 heavy (non-hydrogen) atoms. The molecule has 0 radical (unpaired) electrons. The van der Waals surface area contributed by atoms with Crippen molar-refractivity contribution in [3.05, 3.63) is 96.7 Å². The normalized spacial score (nSPS) is 11.8. The molecule has 0 spiro atoms. The fourth-order valence-corrected chi connectivity index (χ4v) is 4.18. The maximum Gasteiger partial charge on any atom is 0.336 e. The molecule has 0 saturated carbocycles. The molecule has 0 amide bonds. The molecule has 0 saturated heterocycles. The first-order valence-electron chi connectivity index (χ1n) is 11.1. The van der Waals surface area contributed by atoms with Crippen molar-refractivity contribution in [3.8, 4) is 22.6 Å². The van der Waals surface area contributed by atoms with Crippen molar-refractivity contribution in [1.82, 2.24) is 4.98 Å². The molecule has 0 bridgehead atoms. The first-order chi connectivity index (χ1) is 15.4. The van der Waals surface area contributed by atoms with Gasteiger partial charge in [-0.1, -0.05) is 72.3 Å². The molecule has 2 heterocycles. The van der Waals surface area contributed by atoms with Gasteiger partial charge in [0.25, 0.3) is 0 Å². The fraction of sp³-hybridized carbons (Fsp3) is 0.172. The Kier molecular flexibility index (Phi) is 4.90.